The van der Waals surface area contributed by atoms with Gasteiger partial charge in [0.25, 0.3) is 0 Å². The third-order valence-electron chi connectivity index (χ3n) is 6.36. The number of aliphatic carboxylic acids is 2. The van der Waals surface area contributed by atoms with Gasteiger partial charge in [0.2, 0.25) is 18.0 Å². The maximum atomic E-state index is 12.5. The second kappa shape index (κ2) is 13.6. The number of ether oxygens (including phenoxy) is 4. The quantitative estimate of drug-likeness (QED) is 0.104. The third kappa shape index (κ3) is 7.33. The molecule has 2 aromatic rings. The molecule has 228 valence electrons. The molecule has 42 heavy (non-hydrogen) atoms. The number of benzene rings is 2. The fourth-order valence-electron chi connectivity index (χ4n) is 4.05. The maximum Gasteiger partial charge on any atom is 0.348 e. The van der Waals surface area contributed by atoms with E-state index in [4.69, 9.17) is 18.9 Å². The molecule has 0 spiro atoms. The van der Waals surface area contributed by atoms with E-state index in [1.54, 1.807) is 0 Å². The number of aromatic hydroxyl groups is 1. The molecule has 3 rings (SSSR count). The molecule has 8 N–H and O–H groups in total. The Labute approximate surface area is 238 Å². The number of aliphatic hydroxyl groups excluding tert-OH is 4. The maximum absolute atomic E-state index is 12.5. The summed E-state index contributed by atoms with van der Waals surface area (Å²) in [6, 6.07) is 9.04. The summed E-state index contributed by atoms with van der Waals surface area (Å²) in [6.07, 6.45) is -8.95. The number of carboxylic acid groups (broad SMARTS) is 2. The van der Waals surface area contributed by atoms with Crippen LogP contribution in [-0.2, 0) is 30.3 Å². The van der Waals surface area contributed by atoms with Gasteiger partial charge in [-0.05, 0) is 41.5 Å². The summed E-state index contributed by atoms with van der Waals surface area (Å²) >= 11 is 0. The summed E-state index contributed by atoms with van der Waals surface area (Å²) in [7, 11) is 1.27. The lowest BCUT2D eigenvalue weighted by atomic mass is 9.88. The molecule has 1 fully saturated rings. The average molecular weight is 595 g/mol. The lowest BCUT2D eigenvalue weighted by Gasteiger charge is -2.39. The standard InChI is InChI=1S/C27H30O15/c1-39-17-10-13(4-8-16(17)40-25-22(33)21(32)20(31)18(12-28)41-25)5-9-19(30)42-23(24(34)35)27(38,26(36)37)11-14-2-6-15(29)7-3-14/h2-10,18,20-23,25,28-29,31-33,38H,11-12H2,1H3,(H,34,35)(H,36,37)/t18-,20+,21+,22-,23-,25-,27-/m1/s1. The molecular formula is C27H30O15. The lowest BCUT2D eigenvalue weighted by molar-refractivity contribution is -0.277. The number of hydrogen-bond donors (Lipinski definition) is 8. The van der Waals surface area contributed by atoms with E-state index in [0.29, 0.717) is 0 Å². The number of phenolic OH excluding ortho intramolecular Hbond substituents is 1. The highest BCUT2D eigenvalue weighted by molar-refractivity contribution is 5.93. The summed E-state index contributed by atoms with van der Waals surface area (Å²) in [6.45, 7) is -0.662. The lowest BCUT2D eigenvalue weighted by Crippen LogP contribution is -2.60. The minimum atomic E-state index is -3.06. The SMILES string of the molecule is COc1cc(C=CC(=O)O[C@H](C(=O)O)[C@](O)(Cc2ccc(O)cc2)C(=O)O)ccc1O[C@@H]1O[C@H](CO)[C@H](O)[C@H](O)[C@H]1O. The van der Waals surface area contributed by atoms with Gasteiger partial charge >= 0.3 is 17.9 Å². The monoisotopic (exact) mass is 594 g/mol. The van der Waals surface area contributed by atoms with E-state index in [2.05, 4.69) is 0 Å². The Morgan fingerprint density at radius 3 is 2.24 bits per heavy atom. The molecule has 0 aliphatic carbocycles. The number of methoxy groups -OCH3 is 1. The highest BCUT2D eigenvalue weighted by Gasteiger charge is 2.51. The Kier molecular flexibility index (Phi) is 10.5. The van der Waals surface area contributed by atoms with E-state index < -0.39 is 73.3 Å². The van der Waals surface area contributed by atoms with Crippen molar-refractivity contribution in [3.8, 4) is 17.2 Å². The van der Waals surface area contributed by atoms with E-state index in [9.17, 15) is 55.2 Å². The Hall–Kier alpha value is -4.25. The highest BCUT2D eigenvalue weighted by Crippen LogP contribution is 2.32. The smallest absolute Gasteiger partial charge is 0.348 e. The first-order valence-electron chi connectivity index (χ1n) is 12.3. The van der Waals surface area contributed by atoms with Crippen molar-refractivity contribution in [1.29, 1.82) is 0 Å². The van der Waals surface area contributed by atoms with Crippen LogP contribution in [0, 0.1) is 0 Å². The first-order valence-corrected chi connectivity index (χ1v) is 12.3. The van der Waals surface area contributed by atoms with Crippen LogP contribution in [0.25, 0.3) is 6.08 Å². The van der Waals surface area contributed by atoms with Gasteiger partial charge in [-0.2, -0.15) is 0 Å². The number of esters is 1. The van der Waals surface area contributed by atoms with Crippen molar-refractivity contribution in [1.82, 2.24) is 0 Å². The van der Waals surface area contributed by atoms with Crippen molar-refractivity contribution >= 4 is 24.0 Å². The number of carbonyl (C=O) groups is 3. The van der Waals surface area contributed by atoms with Crippen molar-refractivity contribution in [2.24, 2.45) is 0 Å². The summed E-state index contributed by atoms with van der Waals surface area (Å²) in [5.41, 5.74) is -2.62. The zero-order valence-electron chi connectivity index (χ0n) is 22.0. The Morgan fingerprint density at radius 2 is 1.67 bits per heavy atom. The zero-order valence-corrected chi connectivity index (χ0v) is 22.0. The van der Waals surface area contributed by atoms with Crippen LogP contribution in [0.15, 0.2) is 48.5 Å². The molecule has 0 unspecified atom stereocenters. The summed E-state index contributed by atoms with van der Waals surface area (Å²) < 4.78 is 20.9. The fraction of sp³-hybridized carbons (Fsp3) is 0.370. The van der Waals surface area contributed by atoms with Gasteiger partial charge in [-0.1, -0.05) is 18.2 Å². The topological polar surface area (TPSA) is 250 Å². The number of carbonyl (C=O) groups excluding carboxylic acids is 1. The molecule has 0 saturated carbocycles. The molecule has 0 radical (unpaired) electrons. The van der Waals surface area contributed by atoms with E-state index in [1.807, 2.05) is 0 Å². The van der Waals surface area contributed by atoms with Crippen LogP contribution in [0.5, 0.6) is 17.2 Å². The first-order chi connectivity index (χ1) is 19.8. The van der Waals surface area contributed by atoms with Gasteiger partial charge in [-0.15, -0.1) is 0 Å². The molecule has 1 aliphatic rings. The molecular weight excluding hydrogens is 564 g/mol. The molecule has 15 nitrogen and oxygen atoms in total. The molecule has 15 heteroatoms. The minimum absolute atomic E-state index is 0.00764. The Bertz CT molecular complexity index is 1290. The number of rotatable bonds is 12. The van der Waals surface area contributed by atoms with Crippen LogP contribution in [0.4, 0.5) is 0 Å². The van der Waals surface area contributed by atoms with Crippen molar-refractivity contribution in [3.05, 3.63) is 59.7 Å². The molecule has 2 aromatic carbocycles. The molecule has 7 atom stereocenters. The van der Waals surface area contributed by atoms with Crippen LogP contribution < -0.4 is 9.47 Å². The largest absolute Gasteiger partial charge is 0.508 e. The zero-order chi connectivity index (χ0) is 31.2. The first kappa shape index (κ1) is 32.3. The normalized spacial score (nSPS) is 24.4. The number of phenols is 1. The van der Waals surface area contributed by atoms with Crippen LogP contribution in [-0.4, -0.2) is 115 Å². The van der Waals surface area contributed by atoms with Crippen molar-refractivity contribution in [3.63, 3.8) is 0 Å². The third-order valence-corrected chi connectivity index (χ3v) is 6.36. The fourth-order valence-corrected chi connectivity index (χ4v) is 4.05. The van der Waals surface area contributed by atoms with E-state index in [1.165, 1.54) is 55.7 Å². The molecule has 0 amide bonds. The van der Waals surface area contributed by atoms with Crippen molar-refractivity contribution in [2.75, 3.05) is 13.7 Å². The van der Waals surface area contributed by atoms with Gasteiger partial charge in [0.1, 0.15) is 30.2 Å². The Morgan fingerprint density at radius 1 is 1.00 bits per heavy atom. The van der Waals surface area contributed by atoms with Crippen LogP contribution >= 0.6 is 0 Å². The van der Waals surface area contributed by atoms with Gasteiger partial charge in [0, 0.05) is 12.5 Å². The van der Waals surface area contributed by atoms with Crippen LogP contribution in [0.2, 0.25) is 0 Å². The molecule has 1 heterocycles. The van der Waals surface area contributed by atoms with Crippen LogP contribution in [0.1, 0.15) is 11.1 Å². The summed E-state index contributed by atoms with van der Waals surface area (Å²) in [5, 5.41) is 78.7. The van der Waals surface area contributed by atoms with Gasteiger partial charge in [0.05, 0.1) is 13.7 Å². The highest BCUT2D eigenvalue weighted by atomic mass is 16.7. The van der Waals surface area contributed by atoms with Gasteiger partial charge in [0.15, 0.2) is 11.5 Å². The molecule has 0 aromatic heterocycles. The van der Waals surface area contributed by atoms with E-state index >= 15 is 0 Å². The van der Waals surface area contributed by atoms with Crippen molar-refractivity contribution in [2.45, 2.75) is 48.8 Å². The number of hydrogen-bond acceptors (Lipinski definition) is 13. The van der Waals surface area contributed by atoms with Gasteiger partial charge in [-0.3, -0.25) is 0 Å². The van der Waals surface area contributed by atoms with Gasteiger partial charge in [-0.25, -0.2) is 14.4 Å². The van der Waals surface area contributed by atoms with E-state index in [0.717, 1.165) is 6.08 Å². The van der Waals surface area contributed by atoms with E-state index in [-0.39, 0.29) is 28.4 Å². The molecule has 0 bridgehead atoms. The second-order valence-corrected chi connectivity index (χ2v) is 9.29. The molecule has 1 saturated heterocycles. The molecule has 1 aliphatic heterocycles. The predicted octanol–water partition coefficient (Wildman–Crippen LogP) is -1.35. The second-order valence-electron chi connectivity index (χ2n) is 9.29. The Balaban J connectivity index is 1.75. The van der Waals surface area contributed by atoms with Gasteiger partial charge < -0.3 is 59.8 Å². The number of carboxylic acids is 2. The average Bonchev–Trinajstić information content (AvgIpc) is 2.96. The van der Waals surface area contributed by atoms with Crippen molar-refractivity contribution < 1.29 is 74.2 Å². The summed E-state index contributed by atoms with van der Waals surface area (Å²) in [4.78, 5) is 36.2. The minimum Gasteiger partial charge on any atom is -0.508 e. The summed E-state index contributed by atoms with van der Waals surface area (Å²) in [5.74, 6) is -5.26. The predicted molar refractivity (Wildman–Crippen MR) is 138 cm³/mol. The van der Waals surface area contributed by atoms with Crippen LogP contribution in [0.3, 0.4) is 0 Å². The number of aliphatic hydroxyl groups is 5.